The smallest absolute Gasteiger partial charge is 0.276 e. The number of aromatic nitrogens is 4. The predicted octanol–water partition coefficient (Wildman–Crippen LogP) is 4.86. The molecule has 0 saturated carbocycles. The minimum atomic E-state index is -0.305. The lowest BCUT2D eigenvalue weighted by atomic mass is 10.2. The molecule has 0 bridgehead atoms. The fraction of sp³-hybridized carbons (Fsp3) is 0.103. The Balaban J connectivity index is 1.23. The monoisotopic (exact) mass is 490 g/mol. The van der Waals surface area contributed by atoms with Gasteiger partial charge in [-0.25, -0.2) is 9.36 Å². The lowest BCUT2D eigenvalue weighted by Crippen LogP contribution is -2.23. The molecule has 0 atom stereocenters. The number of para-hydroxylation sites is 2. The molecule has 8 heteroatoms. The number of rotatable bonds is 7. The maximum absolute atomic E-state index is 12.9. The summed E-state index contributed by atoms with van der Waals surface area (Å²) < 4.78 is 3.48. The number of carbonyl (C=O) groups is 2. The van der Waals surface area contributed by atoms with Gasteiger partial charge in [0.2, 0.25) is 0 Å². The van der Waals surface area contributed by atoms with Crippen LogP contribution in [0.1, 0.15) is 37.9 Å². The van der Waals surface area contributed by atoms with E-state index in [1.165, 1.54) is 0 Å². The van der Waals surface area contributed by atoms with Gasteiger partial charge in [0, 0.05) is 23.6 Å². The van der Waals surface area contributed by atoms with E-state index >= 15 is 0 Å². The topological polar surface area (TPSA) is 93.8 Å². The van der Waals surface area contributed by atoms with E-state index < -0.39 is 0 Å². The van der Waals surface area contributed by atoms with E-state index in [9.17, 15) is 9.59 Å². The molecule has 184 valence electrons. The van der Waals surface area contributed by atoms with Gasteiger partial charge in [0.1, 0.15) is 0 Å². The van der Waals surface area contributed by atoms with E-state index in [0.717, 1.165) is 28.3 Å². The summed E-state index contributed by atoms with van der Waals surface area (Å²) in [6, 6.07) is 30.2. The van der Waals surface area contributed by atoms with Gasteiger partial charge in [0.15, 0.2) is 11.4 Å². The first kappa shape index (κ1) is 23.7. The average molecular weight is 491 g/mol. The summed E-state index contributed by atoms with van der Waals surface area (Å²) in [5, 5.41) is 14.7. The number of aryl methyl sites for hydroxylation is 2. The Kier molecular flexibility index (Phi) is 6.63. The van der Waals surface area contributed by atoms with Crippen LogP contribution in [0, 0.1) is 13.8 Å². The van der Waals surface area contributed by atoms with Crippen LogP contribution >= 0.6 is 0 Å². The molecule has 0 radical (unpaired) electrons. The van der Waals surface area contributed by atoms with Gasteiger partial charge in [-0.2, -0.15) is 10.2 Å². The lowest BCUT2D eigenvalue weighted by molar-refractivity contribution is 0.0944. The van der Waals surface area contributed by atoms with Crippen molar-refractivity contribution in [2.24, 2.45) is 0 Å². The maximum Gasteiger partial charge on any atom is 0.276 e. The minimum Gasteiger partial charge on any atom is -0.347 e. The number of amides is 2. The molecule has 5 rings (SSSR count). The van der Waals surface area contributed by atoms with E-state index in [0.29, 0.717) is 23.6 Å². The first-order chi connectivity index (χ1) is 18.0. The second-order valence-corrected chi connectivity index (χ2v) is 8.67. The molecule has 0 spiro atoms. The Morgan fingerprint density at radius 1 is 0.676 bits per heavy atom. The zero-order valence-corrected chi connectivity index (χ0v) is 20.6. The van der Waals surface area contributed by atoms with Gasteiger partial charge in [-0.15, -0.1) is 0 Å². The van der Waals surface area contributed by atoms with Crippen LogP contribution in [0.3, 0.4) is 0 Å². The zero-order chi connectivity index (χ0) is 25.8. The number of benzene rings is 3. The molecule has 0 fully saturated rings. The van der Waals surface area contributed by atoms with Gasteiger partial charge < -0.3 is 10.6 Å². The maximum atomic E-state index is 12.9. The van der Waals surface area contributed by atoms with Crippen LogP contribution in [0.4, 0.5) is 5.69 Å². The number of anilines is 1. The second-order valence-electron chi connectivity index (χ2n) is 8.67. The molecule has 0 unspecified atom stereocenters. The molecule has 0 aliphatic carbocycles. The summed E-state index contributed by atoms with van der Waals surface area (Å²) >= 11 is 0. The third kappa shape index (κ3) is 5.33. The average Bonchev–Trinajstić information content (AvgIpc) is 3.51. The molecular weight excluding hydrogens is 464 g/mol. The first-order valence-corrected chi connectivity index (χ1v) is 11.9. The largest absolute Gasteiger partial charge is 0.347 e. The van der Waals surface area contributed by atoms with Crippen molar-refractivity contribution in [1.82, 2.24) is 24.9 Å². The fourth-order valence-corrected chi connectivity index (χ4v) is 4.06. The van der Waals surface area contributed by atoms with Crippen molar-refractivity contribution in [1.29, 1.82) is 0 Å². The third-order valence-electron chi connectivity index (χ3n) is 5.88. The van der Waals surface area contributed by atoms with Gasteiger partial charge in [-0.05, 0) is 67.9 Å². The van der Waals surface area contributed by atoms with Gasteiger partial charge in [-0.1, -0.05) is 48.5 Å². The highest BCUT2D eigenvalue weighted by Gasteiger charge is 2.15. The second kappa shape index (κ2) is 10.3. The quantitative estimate of drug-likeness (QED) is 0.341. The molecule has 2 amide bonds. The minimum absolute atomic E-state index is 0.269. The number of carbonyl (C=O) groups excluding carboxylic acids is 2. The van der Waals surface area contributed by atoms with Crippen LogP contribution in [0.5, 0.6) is 0 Å². The highest BCUT2D eigenvalue weighted by atomic mass is 16.2. The zero-order valence-electron chi connectivity index (χ0n) is 20.6. The normalized spacial score (nSPS) is 10.8. The number of hydrogen-bond acceptors (Lipinski definition) is 4. The van der Waals surface area contributed by atoms with Crippen LogP contribution in [-0.4, -0.2) is 31.4 Å². The van der Waals surface area contributed by atoms with E-state index in [4.69, 9.17) is 0 Å². The van der Waals surface area contributed by atoms with Gasteiger partial charge in [0.05, 0.1) is 11.4 Å². The Labute approximate surface area is 214 Å². The lowest BCUT2D eigenvalue weighted by Gasteiger charge is -2.08. The van der Waals surface area contributed by atoms with Crippen LogP contribution in [0.15, 0.2) is 97.1 Å². The highest BCUT2D eigenvalue weighted by Crippen LogP contribution is 2.16. The molecule has 2 N–H and O–H groups in total. The molecule has 2 heterocycles. The SMILES string of the molecule is Cc1cc(C(=O)NCc2cccc(NC(=O)c3cc(C)n(-c4ccccc4)n3)c2)nn1-c1ccccc1. The summed E-state index contributed by atoms with van der Waals surface area (Å²) in [6.07, 6.45) is 0. The predicted molar refractivity (Wildman–Crippen MR) is 142 cm³/mol. The Morgan fingerprint density at radius 3 is 1.78 bits per heavy atom. The van der Waals surface area contributed by atoms with E-state index in [1.54, 1.807) is 27.6 Å². The third-order valence-corrected chi connectivity index (χ3v) is 5.88. The number of nitrogens with one attached hydrogen (secondary N) is 2. The van der Waals surface area contributed by atoms with Crippen molar-refractivity contribution in [3.63, 3.8) is 0 Å². The van der Waals surface area contributed by atoms with Gasteiger partial charge >= 0.3 is 0 Å². The fourth-order valence-electron chi connectivity index (χ4n) is 4.06. The highest BCUT2D eigenvalue weighted by molar-refractivity contribution is 6.03. The van der Waals surface area contributed by atoms with Crippen LogP contribution in [-0.2, 0) is 6.54 Å². The molecule has 5 aromatic rings. The Morgan fingerprint density at radius 2 is 1.22 bits per heavy atom. The molecule has 3 aromatic carbocycles. The van der Waals surface area contributed by atoms with Crippen LogP contribution < -0.4 is 10.6 Å². The van der Waals surface area contributed by atoms with Crippen molar-refractivity contribution >= 4 is 17.5 Å². The number of hydrogen-bond donors (Lipinski definition) is 2. The number of nitrogens with zero attached hydrogens (tertiary/aromatic N) is 4. The van der Waals surface area contributed by atoms with Crippen LogP contribution in [0.2, 0.25) is 0 Å². The summed E-state index contributed by atoms with van der Waals surface area (Å²) in [5.41, 5.74) is 5.64. The molecular formula is C29H26N6O2. The van der Waals surface area contributed by atoms with Crippen molar-refractivity contribution < 1.29 is 9.59 Å². The summed E-state index contributed by atoms with van der Waals surface area (Å²) in [7, 11) is 0. The summed E-state index contributed by atoms with van der Waals surface area (Å²) in [4.78, 5) is 25.6. The van der Waals surface area contributed by atoms with Crippen LogP contribution in [0.25, 0.3) is 11.4 Å². The van der Waals surface area contributed by atoms with Crippen molar-refractivity contribution in [3.05, 3.63) is 125 Å². The molecule has 0 saturated heterocycles. The van der Waals surface area contributed by atoms with E-state index in [-0.39, 0.29) is 11.8 Å². The molecule has 2 aromatic heterocycles. The Bertz CT molecular complexity index is 1550. The molecule has 37 heavy (non-hydrogen) atoms. The standard InChI is InChI=1S/C29H26N6O2/c1-20-16-26(32-34(20)24-12-5-3-6-13-24)28(36)30-19-22-10-9-11-23(18-22)31-29(37)27-17-21(2)35(33-27)25-14-7-4-8-15-25/h3-18H,19H2,1-2H3,(H,30,36)(H,31,37). The molecule has 0 aliphatic heterocycles. The molecule has 0 aliphatic rings. The van der Waals surface area contributed by atoms with Crippen molar-refractivity contribution in [2.75, 3.05) is 5.32 Å². The van der Waals surface area contributed by atoms with Crippen molar-refractivity contribution in [2.45, 2.75) is 20.4 Å². The van der Waals surface area contributed by atoms with E-state index in [2.05, 4.69) is 20.8 Å². The summed E-state index contributed by atoms with van der Waals surface area (Å²) in [6.45, 7) is 4.11. The Hall–Kier alpha value is -4.98. The molecule has 8 nitrogen and oxygen atoms in total. The van der Waals surface area contributed by atoms with Gasteiger partial charge in [0.25, 0.3) is 11.8 Å². The van der Waals surface area contributed by atoms with Gasteiger partial charge in [-0.3, -0.25) is 9.59 Å². The first-order valence-electron chi connectivity index (χ1n) is 11.9. The van der Waals surface area contributed by atoms with E-state index in [1.807, 2.05) is 92.7 Å². The summed E-state index contributed by atoms with van der Waals surface area (Å²) in [5.74, 6) is -0.574. The van der Waals surface area contributed by atoms with Crippen molar-refractivity contribution in [3.8, 4) is 11.4 Å².